The first-order valence-corrected chi connectivity index (χ1v) is 6.64. The molecule has 0 spiro atoms. The fraction of sp³-hybridized carbons (Fsp3) is 0.154. The van der Waals surface area contributed by atoms with Gasteiger partial charge in [0.25, 0.3) is 0 Å². The number of ether oxygens (including phenoxy) is 1. The summed E-state index contributed by atoms with van der Waals surface area (Å²) in [6, 6.07) is 7.33. The van der Waals surface area contributed by atoms with Crippen LogP contribution in [0.2, 0.25) is 4.34 Å². The lowest BCUT2D eigenvalue weighted by Gasteiger charge is -2.08. The summed E-state index contributed by atoms with van der Waals surface area (Å²) >= 11 is 6.82. The molecule has 0 unspecified atom stereocenters. The number of ketones is 1. The van der Waals surface area contributed by atoms with E-state index in [0.717, 1.165) is 23.5 Å². The fourth-order valence-corrected chi connectivity index (χ4v) is 2.39. The second kappa shape index (κ2) is 5.85. The van der Waals surface area contributed by atoms with Crippen LogP contribution in [0, 0.1) is 0 Å². The van der Waals surface area contributed by atoms with Gasteiger partial charge in [0.05, 0.1) is 14.8 Å². The second-order valence-corrected chi connectivity index (χ2v) is 5.55. The van der Waals surface area contributed by atoms with Crippen LogP contribution in [-0.2, 0) is 6.18 Å². The van der Waals surface area contributed by atoms with Gasteiger partial charge in [0, 0.05) is 0 Å². The molecule has 106 valence electrons. The van der Waals surface area contributed by atoms with Crippen LogP contribution in [0.1, 0.15) is 15.2 Å². The minimum Gasteiger partial charge on any atom is -0.485 e. The van der Waals surface area contributed by atoms with Crippen molar-refractivity contribution in [2.75, 3.05) is 6.61 Å². The summed E-state index contributed by atoms with van der Waals surface area (Å²) in [4.78, 5) is 12.2. The molecule has 0 aliphatic heterocycles. The number of rotatable bonds is 4. The highest BCUT2D eigenvalue weighted by atomic mass is 35.5. The third-order valence-electron chi connectivity index (χ3n) is 2.40. The number of carbonyl (C=O) groups is 1. The van der Waals surface area contributed by atoms with Crippen LogP contribution in [0.3, 0.4) is 0 Å². The van der Waals surface area contributed by atoms with Gasteiger partial charge in [-0.25, -0.2) is 0 Å². The molecule has 1 aromatic heterocycles. The quantitative estimate of drug-likeness (QED) is 0.764. The molecular weight excluding hydrogens is 313 g/mol. The first-order valence-electron chi connectivity index (χ1n) is 5.45. The summed E-state index contributed by atoms with van der Waals surface area (Å²) in [5.74, 6) is -0.0733. The Kier molecular flexibility index (Phi) is 4.35. The van der Waals surface area contributed by atoms with E-state index in [9.17, 15) is 18.0 Å². The molecule has 0 bridgehead atoms. The smallest absolute Gasteiger partial charge is 0.416 e. The highest BCUT2D eigenvalue weighted by Gasteiger charge is 2.30. The van der Waals surface area contributed by atoms with Gasteiger partial charge < -0.3 is 4.74 Å². The molecule has 0 saturated carbocycles. The predicted molar refractivity (Wildman–Crippen MR) is 70.6 cm³/mol. The molecule has 0 saturated heterocycles. The van der Waals surface area contributed by atoms with Gasteiger partial charge in [-0.2, -0.15) is 13.2 Å². The highest BCUT2D eigenvalue weighted by Crippen LogP contribution is 2.30. The van der Waals surface area contributed by atoms with E-state index in [2.05, 4.69) is 0 Å². The average molecular weight is 321 g/mol. The third-order valence-corrected chi connectivity index (χ3v) is 3.67. The van der Waals surface area contributed by atoms with Gasteiger partial charge in [0.1, 0.15) is 5.75 Å². The average Bonchev–Trinajstić information content (AvgIpc) is 2.82. The summed E-state index contributed by atoms with van der Waals surface area (Å²) in [5, 5.41) is 0. The van der Waals surface area contributed by atoms with Crippen LogP contribution in [-0.4, -0.2) is 12.4 Å². The van der Waals surface area contributed by atoms with Crippen LogP contribution in [0.25, 0.3) is 0 Å². The molecule has 1 heterocycles. The molecule has 2 nitrogen and oxygen atoms in total. The maximum Gasteiger partial charge on any atom is 0.416 e. The Morgan fingerprint density at radius 3 is 2.30 bits per heavy atom. The van der Waals surface area contributed by atoms with Crippen LogP contribution in [0.5, 0.6) is 5.75 Å². The Balaban J connectivity index is 1.96. The standard InChI is InChI=1S/C13H8ClF3O2S/c14-12-6-5-11(20-12)10(18)7-19-9-3-1-8(2-4-9)13(15,16)17/h1-6H,7H2. The molecule has 0 radical (unpaired) electrons. The van der Waals surface area contributed by atoms with E-state index >= 15 is 0 Å². The van der Waals surface area contributed by atoms with Crippen molar-refractivity contribution in [3.8, 4) is 5.75 Å². The van der Waals surface area contributed by atoms with Crippen molar-refractivity contribution in [1.82, 2.24) is 0 Å². The van der Waals surface area contributed by atoms with E-state index in [4.69, 9.17) is 16.3 Å². The van der Waals surface area contributed by atoms with Crippen molar-refractivity contribution in [3.05, 3.63) is 51.2 Å². The lowest BCUT2D eigenvalue weighted by Crippen LogP contribution is -2.10. The molecular formula is C13H8ClF3O2S. The normalized spacial score (nSPS) is 11.4. The first-order chi connectivity index (χ1) is 9.36. The van der Waals surface area contributed by atoms with Crippen molar-refractivity contribution in [2.45, 2.75) is 6.18 Å². The lowest BCUT2D eigenvalue weighted by molar-refractivity contribution is -0.137. The minimum atomic E-state index is -4.39. The van der Waals surface area contributed by atoms with Gasteiger partial charge in [-0.05, 0) is 36.4 Å². The summed E-state index contributed by atoms with van der Waals surface area (Å²) < 4.78 is 42.7. The number of hydrogen-bond acceptors (Lipinski definition) is 3. The molecule has 20 heavy (non-hydrogen) atoms. The Morgan fingerprint density at radius 2 is 1.80 bits per heavy atom. The molecule has 2 aromatic rings. The zero-order valence-corrected chi connectivity index (χ0v) is 11.5. The minimum absolute atomic E-state index is 0.203. The van der Waals surface area contributed by atoms with Crippen molar-refractivity contribution < 1.29 is 22.7 Å². The van der Waals surface area contributed by atoms with E-state index < -0.39 is 11.7 Å². The monoisotopic (exact) mass is 320 g/mol. The largest absolute Gasteiger partial charge is 0.485 e. The van der Waals surface area contributed by atoms with E-state index in [-0.39, 0.29) is 18.1 Å². The number of Topliss-reactive ketones (excluding diaryl/α,β-unsaturated/α-hetero) is 1. The van der Waals surface area contributed by atoms with Crippen molar-refractivity contribution in [3.63, 3.8) is 0 Å². The van der Waals surface area contributed by atoms with Crippen LogP contribution in [0.4, 0.5) is 13.2 Å². The Bertz CT molecular complexity index is 605. The summed E-state index contributed by atoms with van der Waals surface area (Å²) in [6.45, 7) is -0.248. The molecule has 0 amide bonds. The maximum absolute atomic E-state index is 12.4. The number of thiophene rings is 1. The van der Waals surface area contributed by atoms with Crippen molar-refractivity contribution >= 4 is 28.7 Å². The van der Waals surface area contributed by atoms with E-state index in [0.29, 0.717) is 9.21 Å². The number of hydrogen-bond donors (Lipinski definition) is 0. The summed E-state index contributed by atoms with van der Waals surface area (Å²) in [7, 11) is 0. The van der Waals surface area contributed by atoms with E-state index in [1.165, 1.54) is 12.1 Å². The summed E-state index contributed by atoms with van der Waals surface area (Å²) in [5.41, 5.74) is -0.763. The van der Waals surface area contributed by atoms with Gasteiger partial charge in [0.2, 0.25) is 5.78 Å². The molecule has 2 rings (SSSR count). The zero-order chi connectivity index (χ0) is 14.8. The number of halogens is 4. The van der Waals surface area contributed by atoms with Crippen LogP contribution in [0.15, 0.2) is 36.4 Å². The van der Waals surface area contributed by atoms with E-state index in [1.807, 2.05) is 0 Å². The SMILES string of the molecule is O=C(COc1ccc(C(F)(F)F)cc1)c1ccc(Cl)s1. The van der Waals surface area contributed by atoms with Crippen LogP contribution >= 0.6 is 22.9 Å². The van der Waals surface area contributed by atoms with Crippen LogP contribution < -0.4 is 4.74 Å². The number of benzene rings is 1. The predicted octanol–water partition coefficient (Wildman–Crippen LogP) is 4.68. The topological polar surface area (TPSA) is 26.3 Å². The Morgan fingerprint density at radius 1 is 1.15 bits per heavy atom. The van der Waals surface area contributed by atoms with Gasteiger partial charge in [-0.3, -0.25) is 4.79 Å². The highest BCUT2D eigenvalue weighted by molar-refractivity contribution is 7.18. The van der Waals surface area contributed by atoms with E-state index in [1.54, 1.807) is 12.1 Å². The van der Waals surface area contributed by atoms with Crippen molar-refractivity contribution in [1.29, 1.82) is 0 Å². The Hall–Kier alpha value is -1.53. The Labute approximate surface area is 121 Å². The molecule has 0 fully saturated rings. The van der Waals surface area contributed by atoms with Crippen molar-refractivity contribution in [2.24, 2.45) is 0 Å². The molecule has 1 aromatic carbocycles. The molecule has 0 aliphatic rings. The van der Waals surface area contributed by atoms with Gasteiger partial charge in [-0.15, -0.1) is 11.3 Å². The lowest BCUT2D eigenvalue weighted by atomic mass is 10.2. The van der Waals surface area contributed by atoms with Gasteiger partial charge >= 0.3 is 6.18 Å². The zero-order valence-electron chi connectivity index (χ0n) is 9.91. The van der Waals surface area contributed by atoms with Gasteiger partial charge in [-0.1, -0.05) is 11.6 Å². The fourth-order valence-electron chi connectivity index (χ4n) is 1.42. The third kappa shape index (κ3) is 3.74. The number of carbonyl (C=O) groups excluding carboxylic acids is 1. The van der Waals surface area contributed by atoms with Gasteiger partial charge in [0.15, 0.2) is 6.61 Å². The molecule has 7 heteroatoms. The molecule has 0 N–H and O–H groups in total. The molecule has 0 aliphatic carbocycles. The molecule has 0 atom stereocenters. The summed E-state index contributed by atoms with van der Waals surface area (Å²) in [6.07, 6.45) is -4.39. The maximum atomic E-state index is 12.4. The second-order valence-electron chi connectivity index (χ2n) is 3.84. The number of alkyl halides is 3. The first kappa shape index (κ1) is 14.9.